The van der Waals surface area contributed by atoms with Crippen LogP contribution < -0.4 is 5.32 Å². The Bertz CT molecular complexity index is 441. The summed E-state index contributed by atoms with van der Waals surface area (Å²) in [5.74, 6) is 2.96. The summed E-state index contributed by atoms with van der Waals surface area (Å²) in [6.45, 7) is 2.57. The molecule has 1 heterocycles. The van der Waals surface area contributed by atoms with E-state index in [2.05, 4.69) is 10.3 Å². The van der Waals surface area contributed by atoms with Gasteiger partial charge in [0.15, 0.2) is 12.1 Å². The van der Waals surface area contributed by atoms with Gasteiger partial charge in [-0.05, 0) is 43.9 Å². The summed E-state index contributed by atoms with van der Waals surface area (Å²) < 4.78 is 5.05. The lowest BCUT2D eigenvalue weighted by atomic mass is 9.92. The van der Waals surface area contributed by atoms with Crippen molar-refractivity contribution in [3.63, 3.8) is 0 Å². The molecule has 2 saturated carbocycles. The van der Waals surface area contributed by atoms with Crippen molar-refractivity contribution in [3.8, 4) is 0 Å². The average Bonchev–Trinajstić information content (AvgIpc) is 3.02. The molecular formula is C14H20N2O2. The second-order valence-corrected chi connectivity index (χ2v) is 5.66. The molecule has 0 bridgehead atoms. The van der Waals surface area contributed by atoms with Crippen LogP contribution in [-0.4, -0.2) is 17.4 Å². The number of oxazole rings is 1. The van der Waals surface area contributed by atoms with Gasteiger partial charge >= 0.3 is 0 Å². The number of nitrogens with one attached hydrogen (secondary N) is 1. The van der Waals surface area contributed by atoms with E-state index in [-0.39, 0.29) is 5.91 Å². The minimum atomic E-state index is -0.0947. The lowest BCUT2D eigenvalue weighted by molar-refractivity contribution is 0.0937. The molecule has 4 heteroatoms. The third-order valence-corrected chi connectivity index (χ3v) is 4.72. The summed E-state index contributed by atoms with van der Waals surface area (Å²) in [5, 5.41) is 3.02. The molecule has 0 saturated heterocycles. The number of rotatable bonds is 3. The molecule has 18 heavy (non-hydrogen) atoms. The van der Waals surface area contributed by atoms with Crippen LogP contribution in [0.25, 0.3) is 0 Å². The van der Waals surface area contributed by atoms with E-state index in [1.165, 1.54) is 38.5 Å². The van der Waals surface area contributed by atoms with E-state index in [0.29, 0.717) is 17.4 Å². The first-order chi connectivity index (χ1) is 8.75. The van der Waals surface area contributed by atoms with Crippen LogP contribution in [0.1, 0.15) is 48.4 Å². The zero-order valence-corrected chi connectivity index (χ0v) is 10.8. The molecule has 1 aromatic heterocycles. The summed E-state index contributed by atoms with van der Waals surface area (Å²) in [5.41, 5.74) is 0.427. The fraction of sp³-hybridized carbons (Fsp3) is 0.714. The number of hydrogen-bond acceptors (Lipinski definition) is 3. The zero-order chi connectivity index (χ0) is 12.5. The van der Waals surface area contributed by atoms with E-state index in [0.717, 1.165) is 18.4 Å². The number of nitrogens with zero attached hydrogens (tertiary/aromatic N) is 1. The van der Waals surface area contributed by atoms with Gasteiger partial charge in [-0.25, -0.2) is 4.98 Å². The molecule has 2 aliphatic rings. The summed E-state index contributed by atoms with van der Waals surface area (Å²) in [6.07, 6.45) is 8.09. The number of fused-ring (bicyclic) bond motifs is 1. The maximum atomic E-state index is 11.9. The van der Waals surface area contributed by atoms with Crippen molar-refractivity contribution in [2.24, 2.45) is 17.8 Å². The van der Waals surface area contributed by atoms with Gasteiger partial charge in [-0.15, -0.1) is 0 Å². The molecule has 3 rings (SSSR count). The minimum absolute atomic E-state index is 0.0947. The van der Waals surface area contributed by atoms with E-state index < -0.39 is 0 Å². The van der Waals surface area contributed by atoms with Crippen LogP contribution in [0, 0.1) is 24.7 Å². The molecule has 1 amide bonds. The van der Waals surface area contributed by atoms with Crippen molar-refractivity contribution in [1.82, 2.24) is 10.3 Å². The van der Waals surface area contributed by atoms with Gasteiger partial charge in [0, 0.05) is 6.54 Å². The van der Waals surface area contributed by atoms with Crippen molar-refractivity contribution in [2.45, 2.75) is 39.0 Å². The maximum absolute atomic E-state index is 11.9. The standard InChI is InChI=1S/C14H20N2O2/c1-9-13(16-8-18-9)14(17)15-7-11-6-5-10-3-2-4-12(10)11/h8,10-12H,2-7H2,1H3,(H,15,17)/t10-,11+,12-/m0/s1. The molecule has 0 aliphatic heterocycles. The molecule has 0 unspecified atom stereocenters. The molecule has 4 nitrogen and oxygen atoms in total. The average molecular weight is 248 g/mol. The maximum Gasteiger partial charge on any atom is 0.273 e. The molecule has 2 fully saturated rings. The number of amides is 1. The second-order valence-electron chi connectivity index (χ2n) is 5.66. The smallest absolute Gasteiger partial charge is 0.273 e. The zero-order valence-electron chi connectivity index (χ0n) is 10.8. The SMILES string of the molecule is Cc1ocnc1C(=O)NC[C@H]1CC[C@@H]2CCC[C@@H]21. The first kappa shape index (κ1) is 11.8. The molecule has 98 valence electrons. The lowest BCUT2D eigenvalue weighted by Gasteiger charge is -2.18. The Balaban J connectivity index is 1.56. The minimum Gasteiger partial charge on any atom is -0.448 e. The first-order valence-electron chi connectivity index (χ1n) is 6.94. The van der Waals surface area contributed by atoms with Crippen molar-refractivity contribution < 1.29 is 9.21 Å². The highest BCUT2D eigenvalue weighted by Gasteiger charge is 2.38. The number of carbonyl (C=O) groups is 1. The van der Waals surface area contributed by atoms with Gasteiger partial charge in [0.05, 0.1) is 0 Å². The topological polar surface area (TPSA) is 55.1 Å². The van der Waals surface area contributed by atoms with Crippen molar-refractivity contribution in [3.05, 3.63) is 17.8 Å². The van der Waals surface area contributed by atoms with Gasteiger partial charge in [0.25, 0.3) is 5.91 Å². The van der Waals surface area contributed by atoms with Crippen LogP contribution in [0.15, 0.2) is 10.8 Å². The Kier molecular flexibility index (Phi) is 3.10. The van der Waals surface area contributed by atoms with Gasteiger partial charge in [0.2, 0.25) is 0 Å². The molecule has 0 radical (unpaired) electrons. The summed E-state index contributed by atoms with van der Waals surface area (Å²) in [7, 11) is 0. The highest BCUT2D eigenvalue weighted by molar-refractivity contribution is 5.93. The summed E-state index contributed by atoms with van der Waals surface area (Å²) >= 11 is 0. The molecule has 0 spiro atoms. The second kappa shape index (κ2) is 4.75. The fourth-order valence-electron chi connectivity index (χ4n) is 3.77. The molecule has 2 aliphatic carbocycles. The number of hydrogen-bond donors (Lipinski definition) is 1. The Morgan fingerprint density at radius 3 is 3.11 bits per heavy atom. The van der Waals surface area contributed by atoms with Gasteiger partial charge in [-0.1, -0.05) is 12.8 Å². The van der Waals surface area contributed by atoms with Gasteiger partial charge in [-0.2, -0.15) is 0 Å². The first-order valence-corrected chi connectivity index (χ1v) is 6.94. The lowest BCUT2D eigenvalue weighted by Crippen LogP contribution is -2.31. The Labute approximate surface area is 107 Å². The van der Waals surface area contributed by atoms with Crippen molar-refractivity contribution in [2.75, 3.05) is 6.54 Å². The van der Waals surface area contributed by atoms with E-state index in [1.54, 1.807) is 6.92 Å². The normalized spacial score (nSPS) is 30.4. The summed E-state index contributed by atoms with van der Waals surface area (Å²) in [6, 6.07) is 0. The number of aromatic nitrogens is 1. The predicted octanol–water partition coefficient (Wildman–Crippen LogP) is 2.54. The van der Waals surface area contributed by atoms with Crippen LogP contribution in [0.3, 0.4) is 0 Å². The number of aryl methyl sites for hydroxylation is 1. The van der Waals surface area contributed by atoms with Crippen LogP contribution in [0.2, 0.25) is 0 Å². The quantitative estimate of drug-likeness (QED) is 0.894. The molecule has 1 N–H and O–H groups in total. The van der Waals surface area contributed by atoms with Gasteiger partial charge in [-0.3, -0.25) is 4.79 Å². The van der Waals surface area contributed by atoms with Crippen LogP contribution in [-0.2, 0) is 0 Å². The van der Waals surface area contributed by atoms with Gasteiger partial charge in [0.1, 0.15) is 5.76 Å². The van der Waals surface area contributed by atoms with Gasteiger partial charge < -0.3 is 9.73 Å². The van der Waals surface area contributed by atoms with E-state index in [1.807, 2.05) is 0 Å². The third-order valence-electron chi connectivity index (χ3n) is 4.72. The monoisotopic (exact) mass is 248 g/mol. The fourth-order valence-corrected chi connectivity index (χ4v) is 3.77. The molecule has 0 aromatic carbocycles. The highest BCUT2D eigenvalue weighted by Crippen LogP contribution is 2.47. The Morgan fingerprint density at radius 1 is 1.44 bits per heavy atom. The van der Waals surface area contributed by atoms with Crippen LogP contribution in [0.5, 0.6) is 0 Å². The predicted molar refractivity (Wildman–Crippen MR) is 67.1 cm³/mol. The van der Waals surface area contributed by atoms with E-state index >= 15 is 0 Å². The van der Waals surface area contributed by atoms with E-state index in [9.17, 15) is 4.79 Å². The molecular weight excluding hydrogens is 228 g/mol. The highest BCUT2D eigenvalue weighted by atomic mass is 16.3. The largest absolute Gasteiger partial charge is 0.448 e. The third kappa shape index (κ3) is 2.04. The van der Waals surface area contributed by atoms with E-state index in [4.69, 9.17) is 4.42 Å². The Hall–Kier alpha value is -1.32. The Morgan fingerprint density at radius 2 is 2.33 bits per heavy atom. The number of carbonyl (C=O) groups excluding carboxylic acids is 1. The van der Waals surface area contributed by atoms with Crippen molar-refractivity contribution >= 4 is 5.91 Å². The van der Waals surface area contributed by atoms with Crippen molar-refractivity contribution in [1.29, 1.82) is 0 Å². The van der Waals surface area contributed by atoms with Crippen LogP contribution >= 0.6 is 0 Å². The molecule has 3 atom stereocenters. The van der Waals surface area contributed by atoms with Crippen LogP contribution in [0.4, 0.5) is 0 Å². The summed E-state index contributed by atoms with van der Waals surface area (Å²) in [4.78, 5) is 15.9. The molecule has 1 aromatic rings.